The van der Waals surface area contributed by atoms with Gasteiger partial charge in [0.15, 0.2) is 0 Å². The monoisotopic (exact) mass is 424 g/mol. The number of unbranched alkanes of at least 4 members (excludes halogenated alkanes) is 1. The maximum Gasteiger partial charge on any atom is 0.305 e. The van der Waals surface area contributed by atoms with Crippen LogP contribution in [0, 0.1) is 0 Å². The zero-order valence-corrected chi connectivity index (χ0v) is 17.4. The first-order valence-corrected chi connectivity index (χ1v) is 9.92. The van der Waals surface area contributed by atoms with Gasteiger partial charge in [-0.3, -0.25) is 9.59 Å². The molecular formula is C19H36O10. The second kappa shape index (κ2) is 23.0. The largest absolute Gasteiger partial charge is 0.481 e. The number of methoxy groups -OCH3 is 1. The van der Waals surface area contributed by atoms with E-state index in [9.17, 15) is 9.59 Å². The molecule has 10 heteroatoms. The van der Waals surface area contributed by atoms with E-state index >= 15 is 0 Å². The third-order valence-corrected chi connectivity index (χ3v) is 3.43. The van der Waals surface area contributed by atoms with Crippen molar-refractivity contribution < 1.29 is 47.9 Å². The summed E-state index contributed by atoms with van der Waals surface area (Å²) in [5, 5.41) is 8.49. The van der Waals surface area contributed by atoms with E-state index in [4.69, 9.17) is 38.3 Å². The van der Waals surface area contributed by atoms with Gasteiger partial charge < -0.3 is 38.3 Å². The topological polar surface area (TPSA) is 119 Å². The Morgan fingerprint density at radius 2 is 0.966 bits per heavy atom. The Balaban J connectivity index is 3.11. The second-order valence-electron chi connectivity index (χ2n) is 5.88. The van der Waals surface area contributed by atoms with Gasteiger partial charge in [-0.1, -0.05) is 0 Å². The van der Waals surface area contributed by atoms with Crippen LogP contribution in [0.4, 0.5) is 0 Å². The normalized spacial score (nSPS) is 10.9. The van der Waals surface area contributed by atoms with Crippen LogP contribution in [0.25, 0.3) is 0 Å². The first kappa shape index (κ1) is 27.7. The molecule has 0 saturated carbocycles. The molecule has 1 N–H and O–H groups in total. The fraction of sp³-hybridized carbons (Fsp3) is 0.895. The van der Waals surface area contributed by atoms with Crippen LogP contribution in [0.3, 0.4) is 0 Å². The molecule has 29 heavy (non-hydrogen) atoms. The lowest BCUT2D eigenvalue weighted by Gasteiger charge is -2.08. The van der Waals surface area contributed by atoms with Gasteiger partial charge in [0.1, 0.15) is 6.61 Å². The number of hydrogen-bond acceptors (Lipinski definition) is 9. The Bertz CT molecular complexity index is 378. The summed E-state index contributed by atoms with van der Waals surface area (Å²) in [7, 11) is 1.63. The Hall–Kier alpha value is -1.30. The van der Waals surface area contributed by atoms with Crippen molar-refractivity contribution in [2.45, 2.75) is 25.7 Å². The second-order valence-corrected chi connectivity index (χ2v) is 5.88. The number of carbonyl (C=O) groups excluding carboxylic acids is 1. The molecule has 0 aliphatic heterocycles. The standard InChI is InChI=1S/C19H36O10/c1-23-6-7-24-8-9-25-10-11-26-12-13-27-14-15-28-16-17-29-19(22)5-3-2-4-18(20)21/h2-17H2,1H3,(H,20,21). The third kappa shape index (κ3) is 24.7. The molecule has 0 aliphatic rings. The SMILES string of the molecule is COCCOCCOCCOCCOCCOCCOC(=O)CCCCC(=O)O. The fourth-order valence-electron chi connectivity index (χ4n) is 1.96. The number of ether oxygens (including phenoxy) is 7. The number of esters is 1. The van der Waals surface area contributed by atoms with Gasteiger partial charge in [0, 0.05) is 20.0 Å². The number of carboxylic acid groups (broad SMARTS) is 1. The van der Waals surface area contributed by atoms with Crippen LogP contribution in [0.1, 0.15) is 25.7 Å². The van der Waals surface area contributed by atoms with Crippen LogP contribution in [0.5, 0.6) is 0 Å². The maximum atomic E-state index is 11.4. The molecule has 0 amide bonds. The van der Waals surface area contributed by atoms with Crippen molar-refractivity contribution in [2.24, 2.45) is 0 Å². The molecule has 0 atom stereocenters. The maximum absolute atomic E-state index is 11.4. The van der Waals surface area contributed by atoms with E-state index in [2.05, 4.69) is 0 Å². The summed E-state index contributed by atoms with van der Waals surface area (Å²) in [6, 6.07) is 0. The van der Waals surface area contributed by atoms with E-state index in [1.165, 1.54) is 0 Å². The Labute approximate surface area is 172 Å². The minimum atomic E-state index is -0.856. The molecule has 0 fully saturated rings. The van der Waals surface area contributed by atoms with Crippen LogP contribution in [-0.4, -0.2) is 103 Å². The number of carboxylic acids is 1. The lowest BCUT2D eigenvalue weighted by Crippen LogP contribution is -2.15. The highest BCUT2D eigenvalue weighted by Gasteiger charge is 2.04. The fourth-order valence-corrected chi connectivity index (χ4v) is 1.96. The number of aliphatic carboxylic acids is 1. The molecule has 0 aromatic carbocycles. The lowest BCUT2D eigenvalue weighted by molar-refractivity contribution is -0.146. The molecule has 0 radical (unpaired) electrons. The summed E-state index contributed by atoms with van der Waals surface area (Å²) in [6.07, 6.45) is 1.28. The predicted octanol–water partition coefficient (Wildman–Crippen LogP) is 0.904. The number of carbonyl (C=O) groups is 2. The minimum absolute atomic E-state index is 0.0698. The van der Waals surface area contributed by atoms with Gasteiger partial charge in [-0.25, -0.2) is 0 Å². The minimum Gasteiger partial charge on any atom is -0.481 e. The summed E-state index contributed by atoms with van der Waals surface area (Å²) in [5.41, 5.74) is 0. The van der Waals surface area contributed by atoms with Crippen molar-refractivity contribution in [3.8, 4) is 0 Å². The van der Waals surface area contributed by atoms with E-state index < -0.39 is 5.97 Å². The highest BCUT2D eigenvalue weighted by molar-refractivity contribution is 5.69. The summed E-state index contributed by atoms with van der Waals surface area (Å²) >= 11 is 0. The van der Waals surface area contributed by atoms with E-state index in [1.54, 1.807) is 7.11 Å². The first-order chi connectivity index (χ1) is 14.2. The third-order valence-electron chi connectivity index (χ3n) is 3.43. The molecule has 0 rings (SSSR count). The summed E-state index contributed by atoms with van der Waals surface area (Å²) in [4.78, 5) is 21.7. The van der Waals surface area contributed by atoms with Gasteiger partial charge in [0.25, 0.3) is 0 Å². The van der Waals surface area contributed by atoms with Crippen molar-refractivity contribution in [1.82, 2.24) is 0 Å². The molecule has 0 aromatic heterocycles. The zero-order chi connectivity index (χ0) is 21.4. The van der Waals surface area contributed by atoms with Gasteiger partial charge in [-0.15, -0.1) is 0 Å². The summed E-state index contributed by atoms with van der Waals surface area (Å²) in [5.74, 6) is -1.19. The molecule has 0 spiro atoms. The van der Waals surface area contributed by atoms with Gasteiger partial charge >= 0.3 is 11.9 Å². The van der Waals surface area contributed by atoms with Gasteiger partial charge in [0.05, 0.1) is 72.7 Å². The lowest BCUT2D eigenvalue weighted by atomic mass is 10.2. The van der Waals surface area contributed by atoms with Crippen molar-refractivity contribution in [2.75, 3.05) is 86.4 Å². The van der Waals surface area contributed by atoms with Crippen LogP contribution >= 0.6 is 0 Å². The molecule has 0 bridgehead atoms. The van der Waals surface area contributed by atoms with Crippen LogP contribution in [0.2, 0.25) is 0 Å². The van der Waals surface area contributed by atoms with Crippen molar-refractivity contribution in [1.29, 1.82) is 0 Å². The smallest absolute Gasteiger partial charge is 0.305 e. The first-order valence-electron chi connectivity index (χ1n) is 9.92. The van der Waals surface area contributed by atoms with Crippen LogP contribution in [0.15, 0.2) is 0 Å². The van der Waals surface area contributed by atoms with E-state index in [1.807, 2.05) is 0 Å². The van der Waals surface area contributed by atoms with Crippen molar-refractivity contribution in [3.05, 3.63) is 0 Å². The van der Waals surface area contributed by atoms with E-state index in [0.29, 0.717) is 85.5 Å². The van der Waals surface area contributed by atoms with E-state index in [-0.39, 0.29) is 25.4 Å². The average molecular weight is 424 g/mol. The molecule has 172 valence electrons. The summed E-state index contributed by atoms with van der Waals surface area (Å²) < 4.78 is 36.4. The Kier molecular flexibility index (Phi) is 22.0. The molecule has 0 heterocycles. The van der Waals surface area contributed by atoms with Crippen molar-refractivity contribution in [3.63, 3.8) is 0 Å². The quantitative estimate of drug-likeness (QED) is 0.187. The average Bonchev–Trinajstić information content (AvgIpc) is 2.70. The van der Waals surface area contributed by atoms with Gasteiger partial charge in [-0.2, -0.15) is 0 Å². The molecule has 0 saturated heterocycles. The molecule has 10 nitrogen and oxygen atoms in total. The highest BCUT2D eigenvalue weighted by atomic mass is 16.6. The van der Waals surface area contributed by atoms with Crippen LogP contribution in [-0.2, 0) is 42.7 Å². The Morgan fingerprint density at radius 3 is 1.38 bits per heavy atom. The number of hydrogen-bond donors (Lipinski definition) is 1. The van der Waals surface area contributed by atoms with Crippen LogP contribution < -0.4 is 0 Å². The highest BCUT2D eigenvalue weighted by Crippen LogP contribution is 2.01. The van der Waals surface area contributed by atoms with Crippen molar-refractivity contribution >= 4 is 11.9 Å². The zero-order valence-electron chi connectivity index (χ0n) is 17.4. The van der Waals surface area contributed by atoms with Gasteiger partial charge in [-0.05, 0) is 12.8 Å². The molecule has 0 aliphatic carbocycles. The summed E-state index contributed by atoms with van der Waals surface area (Å²) in [6.45, 7) is 5.49. The molecule has 0 aromatic rings. The van der Waals surface area contributed by atoms with Gasteiger partial charge in [0.2, 0.25) is 0 Å². The molecular weight excluding hydrogens is 388 g/mol. The molecule has 0 unspecified atom stereocenters. The predicted molar refractivity (Wildman–Crippen MR) is 103 cm³/mol. The Morgan fingerprint density at radius 1 is 0.586 bits per heavy atom. The van der Waals surface area contributed by atoms with E-state index in [0.717, 1.165) is 0 Å². The number of rotatable bonds is 23.